The molecule has 0 radical (unpaired) electrons. The van der Waals surface area contributed by atoms with Crippen LogP contribution in [-0.2, 0) is 9.59 Å². The highest BCUT2D eigenvalue weighted by Gasteiger charge is 2.29. The van der Waals surface area contributed by atoms with Crippen molar-refractivity contribution in [3.8, 4) is 10.6 Å². The summed E-state index contributed by atoms with van der Waals surface area (Å²) in [4.78, 5) is 40.4. The van der Waals surface area contributed by atoms with E-state index in [-0.39, 0.29) is 17.7 Å². The number of rotatable bonds is 9. The smallest absolute Gasteiger partial charge is 0.223 e. The van der Waals surface area contributed by atoms with Gasteiger partial charge in [-0.3, -0.25) is 9.59 Å². The van der Waals surface area contributed by atoms with Gasteiger partial charge in [0.2, 0.25) is 11.8 Å². The van der Waals surface area contributed by atoms with E-state index in [1.807, 2.05) is 43.5 Å². The Morgan fingerprint density at radius 2 is 1.83 bits per heavy atom. The molecule has 3 aromatic heterocycles. The van der Waals surface area contributed by atoms with Crippen LogP contribution in [0.3, 0.4) is 0 Å². The topological polar surface area (TPSA) is 112 Å². The average molecular weight is 508 g/mol. The van der Waals surface area contributed by atoms with Gasteiger partial charge in [0.15, 0.2) is 5.13 Å². The van der Waals surface area contributed by atoms with Gasteiger partial charge in [0.05, 0.1) is 10.6 Å². The number of carbonyl (C=O) groups excluding carboxylic acids is 2. The third kappa shape index (κ3) is 6.78. The number of aromatic nitrogens is 3. The van der Waals surface area contributed by atoms with Gasteiger partial charge >= 0.3 is 0 Å². The highest BCUT2D eigenvalue weighted by molar-refractivity contribution is 7.18. The number of anilines is 3. The molecule has 1 aliphatic rings. The number of nitrogens with one attached hydrogen (secondary N) is 3. The average Bonchev–Trinajstić information content (AvgIpc) is 3.37. The van der Waals surface area contributed by atoms with E-state index in [0.29, 0.717) is 19.1 Å². The normalized spacial score (nSPS) is 17.3. The molecule has 3 heterocycles. The lowest BCUT2D eigenvalue weighted by Crippen LogP contribution is -2.41. The number of aryl methyl sites for hydroxylation is 1. The van der Waals surface area contributed by atoms with Crippen LogP contribution in [0.5, 0.6) is 0 Å². The Bertz CT molecular complexity index is 1190. The first kappa shape index (κ1) is 25.6. The zero-order valence-corrected chi connectivity index (χ0v) is 21.8. The fraction of sp³-hybridized carbons (Fsp3) is 0.423. The molecular formula is C26H33N7O2S. The van der Waals surface area contributed by atoms with E-state index in [2.05, 4.69) is 37.9 Å². The highest BCUT2D eigenvalue weighted by atomic mass is 32.1. The molecule has 36 heavy (non-hydrogen) atoms. The number of carbonyl (C=O) groups is 2. The van der Waals surface area contributed by atoms with Crippen molar-refractivity contribution >= 4 is 39.9 Å². The molecule has 4 rings (SSSR count). The maximum Gasteiger partial charge on any atom is 0.223 e. The van der Waals surface area contributed by atoms with Crippen molar-refractivity contribution in [2.75, 3.05) is 30.4 Å². The molecule has 3 N–H and O–H groups in total. The van der Waals surface area contributed by atoms with Gasteiger partial charge in [-0.25, -0.2) is 15.0 Å². The minimum Gasteiger partial charge on any atom is -0.355 e. The number of pyridine rings is 2. The summed E-state index contributed by atoms with van der Waals surface area (Å²) in [5.41, 5.74) is 2.00. The molecule has 0 aliphatic heterocycles. The van der Waals surface area contributed by atoms with E-state index >= 15 is 0 Å². The molecular weight excluding hydrogens is 474 g/mol. The molecule has 0 saturated heterocycles. The van der Waals surface area contributed by atoms with Crippen LogP contribution >= 0.6 is 11.3 Å². The fourth-order valence-electron chi connectivity index (χ4n) is 4.37. The predicted molar refractivity (Wildman–Crippen MR) is 143 cm³/mol. The standard InChI is InChI=1S/C26H33N7O2S/c1-17-11-12-28-24(15-17)32-23-6-4-5-21(31-23)22-16-30-26(36-22)33(3)20-9-7-19(8-10-20)25(35)29-14-13-27-18(2)34/h4-6,11-12,15-16,19-20H,7-10,13-14H2,1-3H3,(H,27,34)(H,29,35)(H,28,31,32). The van der Waals surface area contributed by atoms with E-state index in [4.69, 9.17) is 4.98 Å². The Balaban J connectivity index is 1.31. The molecule has 190 valence electrons. The number of nitrogens with zero attached hydrogens (tertiary/aromatic N) is 4. The summed E-state index contributed by atoms with van der Waals surface area (Å²) in [6, 6.07) is 10.2. The quantitative estimate of drug-likeness (QED) is 0.377. The summed E-state index contributed by atoms with van der Waals surface area (Å²) in [5, 5.41) is 9.85. The van der Waals surface area contributed by atoms with E-state index < -0.39 is 0 Å². The first-order chi connectivity index (χ1) is 17.4. The van der Waals surface area contributed by atoms with Crippen molar-refractivity contribution in [1.29, 1.82) is 0 Å². The lowest BCUT2D eigenvalue weighted by atomic mass is 9.85. The van der Waals surface area contributed by atoms with Crippen molar-refractivity contribution in [2.45, 2.75) is 45.6 Å². The Hall–Kier alpha value is -3.53. The van der Waals surface area contributed by atoms with Crippen molar-refractivity contribution in [3.05, 3.63) is 48.3 Å². The Morgan fingerprint density at radius 1 is 1.06 bits per heavy atom. The van der Waals surface area contributed by atoms with Gasteiger partial charge in [0.25, 0.3) is 0 Å². The summed E-state index contributed by atoms with van der Waals surface area (Å²) in [5.74, 6) is 1.53. The second-order valence-electron chi connectivity index (χ2n) is 9.15. The molecule has 0 spiro atoms. The Morgan fingerprint density at radius 3 is 2.58 bits per heavy atom. The van der Waals surface area contributed by atoms with Crippen LogP contribution in [0, 0.1) is 12.8 Å². The first-order valence-electron chi connectivity index (χ1n) is 12.3. The second kappa shape index (κ2) is 11.9. The summed E-state index contributed by atoms with van der Waals surface area (Å²) >= 11 is 1.62. The molecule has 1 fully saturated rings. The Labute approximate surface area is 215 Å². The van der Waals surface area contributed by atoms with Gasteiger partial charge < -0.3 is 20.9 Å². The molecule has 1 saturated carbocycles. The summed E-state index contributed by atoms with van der Waals surface area (Å²) in [6.07, 6.45) is 7.23. The molecule has 9 nitrogen and oxygen atoms in total. The van der Waals surface area contributed by atoms with Crippen molar-refractivity contribution in [2.24, 2.45) is 5.92 Å². The van der Waals surface area contributed by atoms with Gasteiger partial charge in [-0.05, 0) is 62.4 Å². The lowest BCUT2D eigenvalue weighted by Gasteiger charge is -2.34. The molecule has 1 aliphatic carbocycles. The number of amides is 2. The van der Waals surface area contributed by atoms with Crippen LogP contribution in [-0.4, -0.2) is 52.9 Å². The van der Waals surface area contributed by atoms with Crippen LogP contribution in [0.25, 0.3) is 10.6 Å². The monoisotopic (exact) mass is 507 g/mol. The van der Waals surface area contributed by atoms with E-state index in [1.54, 1.807) is 17.5 Å². The van der Waals surface area contributed by atoms with Gasteiger partial charge in [0, 0.05) is 51.4 Å². The third-order valence-electron chi connectivity index (χ3n) is 6.38. The highest BCUT2D eigenvalue weighted by Crippen LogP contribution is 2.35. The molecule has 3 aromatic rings. The third-order valence-corrected chi connectivity index (χ3v) is 7.49. The summed E-state index contributed by atoms with van der Waals surface area (Å²) < 4.78 is 0. The van der Waals surface area contributed by atoms with Gasteiger partial charge in [0.1, 0.15) is 11.6 Å². The van der Waals surface area contributed by atoms with E-state index in [0.717, 1.165) is 58.6 Å². The maximum absolute atomic E-state index is 12.4. The van der Waals surface area contributed by atoms with Crippen LogP contribution in [0.2, 0.25) is 0 Å². The lowest BCUT2D eigenvalue weighted by molar-refractivity contribution is -0.126. The van der Waals surface area contributed by atoms with Gasteiger partial charge in [-0.2, -0.15) is 0 Å². The molecule has 0 atom stereocenters. The second-order valence-corrected chi connectivity index (χ2v) is 10.2. The first-order valence-corrected chi connectivity index (χ1v) is 13.1. The molecule has 0 bridgehead atoms. The van der Waals surface area contributed by atoms with Crippen LogP contribution in [0.1, 0.15) is 38.2 Å². The van der Waals surface area contributed by atoms with Crippen LogP contribution < -0.4 is 20.9 Å². The zero-order chi connectivity index (χ0) is 25.5. The summed E-state index contributed by atoms with van der Waals surface area (Å²) in [7, 11) is 2.08. The van der Waals surface area contributed by atoms with Crippen LogP contribution in [0.15, 0.2) is 42.7 Å². The van der Waals surface area contributed by atoms with Crippen molar-refractivity contribution in [1.82, 2.24) is 25.6 Å². The van der Waals surface area contributed by atoms with E-state index in [1.165, 1.54) is 6.92 Å². The molecule has 2 amide bonds. The zero-order valence-electron chi connectivity index (χ0n) is 21.0. The van der Waals surface area contributed by atoms with Crippen LogP contribution in [0.4, 0.5) is 16.8 Å². The van der Waals surface area contributed by atoms with Crippen molar-refractivity contribution in [3.63, 3.8) is 0 Å². The number of thiazole rings is 1. The van der Waals surface area contributed by atoms with Gasteiger partial charge in [-0.15, -0.1) is 0 Å². The SMILES string of the molecule is CC(=O)NCCNC(=O)C1CCC(N(C)c2ncc(-c3cccc(Nc4cc(C)ccn4)n3)s2)CC1. The molecule has 0 aromatic carbocycles. The largest absolute Gasteiger partial charge is 0.355 e. The fourth-order valence-corrected chi connectivity index (χ4v) is 5.29. The maximum atomic E-state index is 12.4. The number of hydrogen-bond acceptors (Lipinski definition) is 8. The summed E-state index contributed by atoms with van der Waals surface area (Å²) in [6.45, 7) is 4.43. The number of hydrogen-bond donors (Lipinski definition) is 3. The predicted octanol–water partition coefficient (Wildman–Crippen LogP) is 3.90. The van der Waals surface area contributed by atoms with Crippen molar-refractivity contribution < 1.29 is 9.59 Å². The minimum atomic E-state index is -0.0853. The minimum absolute atomic E-state index is 0.0289. The van der Waals surface area contributed by atoms with Gasteiger partial charge in [-0.1, -0.05) is 17.4 Å². The molecule has 0 unspecified atom stereocenters. The molecule has 10 heteroatoms. The Kier molecular flexibility index (Phi) is 8.48. The van der Waals surface area contributed by atoms with E-state index in [9.17, 15) is 9.59 Å².